The maximum absolute atomic E-state index is 12.5. The number of hydrogen-bond acceptors (Lipinski definition) is 4. The van der Waals surface area contributed by atoms with Gasteiger partial charge < -0.3 is 15.1 Å². The number of aliphatic hydroxyl groups is 2. The maximum Gasteiger partial charge on any atom is 0.273 e. The predicted octanol–water partition coefficient (Wildman–Crippen LogP) is 0.268. The molecule has 20 heavy (non-hydrogen) atoms. The number of hydrogen-bond donors (Lipinski definition) is 2. The van der Waals surface area contributed by atoms with Crippen LogP contribution in [-0.4, -0.2) is 51.8 Å². The molecule has 0 radical (unpaired) electrons. The molecule has 0 bridgehead atoms. The lowest BCUT2D eigenvalue weighted by molar-refractivity contribution is 0.0245. The third kappa shape index (κ3) is 3.16. The molecule has 1 amide bonds. The van der Waals surface area contributed by atoms with E-state index in [0.29, 0.717) is 18.7 Å². The second kappa shape index (κ2) is 6.51. The molecule has 1 fully saturated rings. The van der Waals surface area contributed by atoms with Crippen LogP contribution in [0.5, 0.6) is 0 Å². The number of piperidine rings is 1. The van der Waals surface area contributed by atoms with Crippen LogP contribution in [0.15, 0.2) is 18.3 Å². The Labute approximate surface area is 118 Å². The van der Waals surface area contributed by atoms with E-state index in [1.165, 1.54) is 0 Å². The molecule has 2 N–H and O–H groups in total. The molecule has 1 aliphatic heterocycles. The van der Waals surface area contributed by atoms with Gasteiger partial charge in [-0.25, -0.2) is 4.98 Å². The van der Waals surface area contributed by atoms with Gasteiger partial charge in [-0.05, 0) is 24.5 Å². The minimum absolute atomic E-state index is 0.205. The highest BCUT2D eigenvalue weighted by Gasteiger charge is 2.29. The van der Waals surface area contributed by atoms with Gasteiger partial charge in [-0.15, -0.1) is 0 Å². The number of aliphatic hydroxyl groups excluding tert-OH is 2. The van der Waals surface area contributed by atoms with Gasteiger partial charge in [-0.2, -0.15) is 0 Å². The van der Waals surface area contributed by atoms with Gasteiger partial charge in [-0.3, -0.25) is 4.79 Å². The van der Waals surface area contributed by atoms with Crippen LogP contribution < -0.4 is 0 Å². The number of carbonyl (C=O) groups is 1. The van der Waals surface area contributed by atoms with Crippen LogP contribution in [-0.2, 0) is 0 Å². The first-order chi connectivity index (χ1) is 9.63. The van der Waals surface area contributed by atoms with Crippen LogP contribution in [0.3, 0.4) is 0 Å². The van der Waals surface area contributed by atoms with Crippen molar-refractivity contribution in [3.8, 4) is 11.8 Å². The molecular weight excluding hydrogens is 256 g/mol. The monoisotopic (exact) mass is 274 g/mol. The van der Waals surface area contributed by atoms with Crippen molar-refractivity contribution >= 4 is 5.91 Å². The van der Waals surface area contributed by atoms with Gasteiger partial charge in [0.05, 0.1) is 11.7 Å². The van der Waals surface area contributed by atoms with E-state index in [4.69, 9.17) is 5.11 Å². The first-order valence-electron chi connectivity index (χ1n) is 6.65. The van der Waals surface area contributed by atoms with E-state index in [-0.39, 0.29) is 24.1 Å². The Kier molecular flexibility index (Phi) is 4.72. The van der Waals surface area contributed by atoms with Gasteiger partial charge >= 0.3 is 0 Å². The van der Waals surface area contributed by atoms with Crippen molar-refractivity contribution in [2.24, 2.45) is 5.92 Å². The van der Waals surface area contributed by atoms with Gasteiger partial charge in [-0.1, -0.05) is 18.8 Å². The third-order valence-electron chi connectivity index (χ3n) is 3.52. The first-order valence-corrected chi connectivity index (χ1v) is 6.65. The fourth-order valence-corrected chi connectivity index (χ4v) is 2.19. The molecule has 1 aromatic heterocycles. The highest BCUT2D eigenvalue weighted by atomic mass is 16.3. The van der Waals surface area contributed by atoms with E-state index in [2.05, 4.69) is 16.8 Å². The molecule has 5 heteroatoms. The van der Waals surface area contributed by atoms with Crippen molar-refractivity contribution in [1.82, 2.24) is 9.88 Å². The Balaban J connectivity index is 2.21. The number of aromatic nitrogens is 1. The summed E-state index contributed by atoms with van der Waals surface area (Å²) in [7, 11) is 0. The zero-order valence-corrected chi connectivity index (χ0v) is 11.4. The SMILES string of the molecule is CC1CCN(C(=O)c2ncccc2C#CCO)CC1O. The number of rotatable bonds is 1. The minimum Gasteiger partial charge on any atom is -0.391 e. The lowest BCUT2D eigenvalue weighted by Crippen LogP contribution is -2.46. The topological polar surface area (TPSA) is 73.7 Å². The zero-order valence-electron chi connectivity index (χ0n) is 11.4. The van der Waals surface area contributed by atoms with Crippen LogP contribution in [0.25, 0.3) is 0 Å². The smallest absolute Gasteiger partial charge is 0.273 e. The summed E-state index contributed by atoms with van der Waals surface area (Å²) >= 11 is 0. The first kappa shape index (κ1) is 14.5. The highest BCUT2D eigenvalue weighted by Crippen LogP contribution is 2.19. The van der Waals surface area contributed by atoms with Crippen molar-refractivity contribution in [2.75, 3.05) is 19.7 Å². The average Bonchev–Trinajstić information content (AvgIpc) is 2.47. The van der Waals surface area contributed by atoms with Crippen LogP contribution in [0.1, 0.15) is 29.4 Å². The summed E-state index contributed by atoms with van der Waals surface area (Å²) in [6, 6.07) is 3.40. The van der Waals surface area contributed by atoms with Gasteiger partial charge in [0.25, 0.3) is 5.91 Å². The van der Waals surface area contributed by atoms with E-state index < -0.39 is 6.10 Å². The quantitative estimate of drug-likeness (QED) is 0.721. The summed E-state index contributed by atoms with van der Waals surface area (Å²) in [4.78, 5) is 18.2. The summed E-state index contributed by atoms with van der Waals surface area (Å²) in [6.07, 6.45) is 1.82. The second-order valence-electron chi connectivity index (χ2n) is 4.94. The molecule has 0 aliphatic carbocycles. The highest BCUT2D eigenvalue weighted by molar-refractivity contribution is 5.94. The van der Waals surface area contributed by atoms with Gasteiger partial charge in [0.15, 0.2) is 0 Å². The van der Waals surface area contributed by atoms with Crippen molar-refractivity contribution in [3.63, 3.8) is 0 Å². The Morgan fingerprint density at radius 3 is 3.10 bits per heavy atom. The Hall–Kier alpha value is -1.90. The van der Waals surface area contributed by atoms with Crippen LogP contribution in [0.4, 0.5) is 0 Å². The molecular formula is C15H18N2O3. The number of amides is 1. The Morgan fingerprint density at radius 1 is 1.60 bits per heavy atom. The van der Waals surface area contributed by atoms with Gasteiger partial charge in [0, 0.05) is 19.3 Å². The summed E-state index contributed by atoms with van der Waals surface area (Å²) < 4.78 is 0. The summed E-state index contributed by atoms with van der Waals surface area (Å²) in [5, 5.41) is 18.6. The molecule has 1 aliphatic rings. The Bertz CT molecular complexity index is 548. The van der Waals surface area contributed by atoms with E-state index >= 15 is 0 Å². The van der Waals surface area contributed by atoms with Crippen LogP contribution >= 0.6 is 0 Å². The lowest BCUT2D eigenvalue weighted by Gasteiger charge is -2.34. The molecule has 0 aromatic carbocycles. The predicted molar refractivity (Wildman–Crippen MR) is 73.9 cm³/mol. The fraction of sp³-hybridized carbons (Fsp3) is 0.467. The van der Waals surface area contributed by atoms with Crippen molar-refractivity contribution < 1.29 is 15.0 Å². The maximum atomic E-state index is 12.5. The van der Waals surface area contributed by atoms with E-state index in [9.17, 15) is 9.90 Å². The van der Waals surface area contributed by atoms with Gasteiger partial charge in [0.1, 0.15) is 12.3 Å². The minimum atomic E-state index is -0.497. The average molecular weight is 274 g/mol. The van der Waals surface area contributed by atoms with E-state index in [0.717, 1.165) is 6.42 Å². The van der Waals surface area contributed by atoms with Crippen molar-refractivity contribution in [2.45, 2.75) is 19.4 Å². The van der Waals surface area contributed by atoms with Crippen LogP contribution in [0.2, 0.25) is 0 Å². The zero-order chi connectivity index (χ0) is 14.5. The molecule has 0 saturated carbocycles. The summed E-state index contributed by atoms with van der Waals surface area (Å²) in [6.45, 7) is 2.65. The molecule has 1 aromatic rings. The lowest BCUT2D eigenvalue weighted by atomic mass is 9.95. The standard InChI is InChI=1S/C15H18N2O3/c1-11-6-8-17(10-13(11)19)15(20)14-12(5-3-9-18)4-2-7-16-14/h2,4,7,11,13,18-19H,6,8-10H2,1H3. The largest absolute Gasteiger partial charge is 0.391 e. The number of pyridine rings is 1. The normalized spacial score (nSPS) is 22.1. The summed E-state index contributed by atoms with van der Waals surface area (Å²) in [5.41, 5.74) is 0.773. The van der Waals surface area contributed by atoms with Gasteiger partial charge in [0.2, 0.25) is 0 Å². The molecule has 2 rings (SSSR count). The number of carbonyl (C=O) groups excluding carboxylic acids is 1. The number of nitrogens with zero attached hydrogens (tertiary/aromatic N) is 2. The number of β-amino-alcohol motifs (C(OH)–C–C–N with tert-alkyl or cyclic N) is 1. The van der Waals surface area contributed by atoms with E-state index in [1.54, 1.807) is 23.2 Å². The van der Waals surface area contributed by atoms with Crippen molar-refractivity contribution in [3.05, 3.63) is 29.6 Å². The molecule has 5 nitrogen and oxygen atoms in total. The molecule has 2 atom stereocenters. The molecule has 106 valence electrons. The molecule has 2 unspecified atom stereocenters. The summed E-state index contributed by atoms with van der Waals surface area (Å²) in [5.74, 6) is 5.24. The van der Waals surface area contributed by atoms with Crippen LogP contribution in [0, 0.1) is 17.8 Å². The molecule has 2 heterocycles. The second-order valence-corrected chi connectivity index (χ2v) is 4.94. The molecule has 0 spiro atoms. The Morgan fingerprint density at radius 2 is 2.40 bits per heavy atom. The fourth-order valence-electron chi connectivity index (χ4n) is 2.19. The van der Waals surface area contributed by atoms with E-state index in [1.807, 2.05) is 6.92 Å². The molecule has 1 saturated heterocycles. The number of likely N-dealkylation sites (tertiary alicyclic amines) is 1. The third-order valence-corrected chi connectivity index (χ3v) is 3.52. The van der Waals surface area contributed by atoms with Crippen molar-refractivity contribution in [1.29, 1.82) is 0 Å².